The van der Waals surface area contributed by atoms with Gasteiger partial charge in [-0.2, -0.15) is 4.98 Å². The summed E-state index contributed by atoms with van der Waals surface area (Å²) >= 11 is 0. The number of nitrogens with two attached hydrogens (primary N) is 1. The predicted molar refractivity (Wildman–Crippen MR) is 229 cm³/mol. The van der Waals surface area contributed by atoms with E-state index in [9.17, 15) is 43.5 Å². The number of hydrogen-bond acceptors (Lipinski definition) is 17. The number of phosphoric acid groups is 2. The van der Waals surface area contributed by atoms with Crippen LogP contribution in [0.15, 0.2) is 29.2 Å². The molecule has 18 nitrogen and oxygen atoms in total. The van der Waals surface area contributed by atoms with Gasteiger partial charge >= 0.3 is 17.6 Å². The van der Waals surface area contributed by atoms with Crippen molar-refractivity contribution in [1.82, 2.24) is 9.55 Å². The first kappa shape index (κ1) is 55.6. The number of esters is 2. The molecule has 0 bridgehead atoms. The quantitative estimate of drug-likeness (QED) is 0.0266. The zero-order valence-corrected chi connectivity index (χ0v) is 38.6. The van der Waals surface area contributed by atoms with E-state index in [1.54, 1.807) is 0 Å². The van der Waals surface area contributed by atoms with E-state index in [-0.39, 0.29) is 18.7 Å². The minimum Gasteiger partial charge on any atom is -0.756 e. The van der Waals surface area contributed by atoms with Crippen LogP contribution in [0.4, 0.5) is 5.82 Å². The van der Waals surface area contributed by atoms with E-state index in [0.717, 1.165) is 75.0 Å². The smallest absolute Gasteiger partial charge is 0.351 e. The molecule has 0 spiro atoms. The number of nitrogen functional groups attached to an aromatic ring is 1. The summed E-state index contributed by atoms with van der Waals surface area (Å²) in [6, 6.07) is 1.23. The molecule has 1 saturated heterocycles. The lowest BCUT2D eigenvalue weighted by Gasteiger charge is -2.32. The van der Waals surface area contributed by atoms with Crippen LogP contribution in [0.2, 0.25) is 0 Å². The van der Waals surface area contributed by atoms with Gasteiger partial charge in [0.25, 0.3) is 15.6 Å². The van der Waals surface area contributed by atoms with Gasteiger partial charge in [0.15, 0.2) is 12.3 Å². The third kappa shape index (κ3) is 25.1. The van der Waals surface area contributed by atoms with Gasteiger partial charge in [0.05, 0.1) is 13.2 Å². The molecule has 7 atom stereocenters. The molecule has 20 heteroatoms. The summed E-state index contributed by atoms with van der Waals surface area (Å²) in [5.41, 5.74) is 4.54. The zero-order chi connectivity index (χ0) is 45.6. The summed E-state index contributed by atoms with van der Waals surface area (Å²) in [6.45, 7) is 1.87. The van der Waals surface area contributed by atoms with Gasteiger partial charge in [-0.3, -0.25) is 23.3 Å². The average molecular weight is 922 g/mol. The Kier molecular flexibility index (Phi) is 28.9. The van der Waals surface area contributed by atoms with Crippen LogP contribution in [0.25, 0.3) is 0 Å². The normalized spacial score (nSPS) is 20.2. The minimum atomic E-state index is -5.73. The van der Waals surface area contributed by atoms with E-state index >= 15 is 0 Å². The van der Waals surface area contributed by atoms with Gasteiger partial charge in [0, 0.05) is 19.0 Å². The molecular weight excluding hydrogens is 848 g/mol. The van der Waals surface area contributed by atoms with Crippen molar-refractivity contribution in [3.63, 3.8) is 0 Å². The molecule has 1 aromatic rings. The van der Waals surface area contributed by atoms with Crippen LogP contribution in [-0.4, -0.2) is 75.9 Å². The van der Waals surface area contributed by atoms with Crippen LogP contribution < -0.4 is 21.2 Å². The standard InChI is InChI=1S/C42H75N3O15P2/c1-3-5-7-9-11-13-15-16-18-20-22-24-26-28-38(47)58-34(31-55-37(46)27-25-23-21-19-17-14-12-10-8-6-4-2)32-56-61(51,52)60-62(53,54)57-33-35-39(48)40(49)41(59-35)45-30-29-36(43)44-42(45)50/h13,15,29-30,34-35,39-41,48-49H,3-12,14,16-28,31-33H2,1-2H3,(H,51,52)(H,53,54)(H2,43,44,50)/p-2/b15-13-/t34-,35-,39-,40-,41-/m1/s1. The molecule has 4 N–H and O–H groups in total. The topological polar surface area (TPSA) is 271 Å². The maximum Gasteiger partial charge on any atom is 0.351 e. The number of rotatable bonds is 37. The second kappa shape index (κ2) is 32.2. The molecule has 2 unspecified atom stereocenters. The Labute approximate surface area is 367 Å². The highest BCUT2D eigenvalue weighted by Crippen LogP contribution is 2.56. The van der Waals surface area contributed by atoms with E-state index in [2.05, 4.69) is 39.8 Å². The third-order valence-electron chi connectivity index (χ3n) is 10.3. The van der Waals surface area contributed by atoms with Gasteiger partial charge < -0.3 is 49.0 Å². The van der Waals surface area contributed by atoms with E-state index in [1.165, 1.54) is 70.3 Å². The molecule has 62 heavy (non-hydrogen) atoms. The predicted octanol–water partition coefficient (Wildman–Crippen LogP) is 6.84. The molecule has 358 valence electrons. The number of carbonyl (C=O) groups is 2. The largest absolute Gasteiger partial charge is 0.756 e. The molecule has 0 amide bonds. The van der Waals surface area contributed by atoms with Crippen molar-refractivity contribution in [3.05, 3.63) is 34.9 Å². The van der Waals surface area contributed by atoms with Crippen LogP contribution in [0.3, 0.4) is 0 Å². The van der Waals surface area contributed by atoms with Gasteiger partial charge in [-0.25, -0.2) is 9.11 Å². The van der Waals surface area contributed by atoms with E-state index < -0.39 is 83.7 Å². The van der Waals surface area contributed by atoms with Gasteiger partial charge in [-0.1, -0.05) is 129 Å². The van der Waals surface area contributed by atoms with E-state index in [1.807, 2.05) is 0 Å². The van der Waals surface area contributed by atoms with Crippen LogP contribution in [0.5, 0.6) is 0 Å². The molecule has 2 heterocycles. The fourth-order valence-corrected chi connectivity index (χ4v) is 8.80. The summed E-state index contributed by atoms with van der Waals surface area (Å²) in [7, 11) is -11.4. The van der Waals surface area contributed by atoms with Crippen molar-refractivity contribution in [2.75, 3.05) is 25.6 Å². The Balaban J connectivity index is 1.84. The van der Waals surface area contributed by atoms with Crippen molar-refractivity contribution in [3.8, 4) is 0 Å². The molecular formula is C42H73N3O15P2-2. The first-order valence-corrected chi connectivity index (χ1v) is 25.6. The lowest BCUT2D eigenvalue weighted by Crippen LogP contribution is -2.36. The first-order valence-electron chi connectivity index (χ1n) is 22.7. The Morgan fingerprint density at radius 1 is 0.774 bits per heavy atom. The highest BCUT2D eigenvalue weighted by Gasteiger charge is 2.45. The number of nitrogens with zero attached hydrogens (tertiary/aromatic N) is 2. The third-order valence-corrected chi connectivity index (χ3v) is 12.9. The molecule has 0 radical (unpaired) electrons. The fourth-order valence-electron chi connectivity index (χ4n) is 6.76. The number of phosphoric ester groups is 2. The number of hydrogen-bond donors (Lipinski definition) is 3. The molecule has 0 aromatic carbocycles. The lowest BCUT2D eigenvalue weighted by molar-refractivity contribution is -0.246. The number of aromatic nitrogens is 2. The molecule has 1 aliphatic heterocycles. The van der Waals surface area contributed by atoms with Crippen LogP contribution in [-0.2, 0) is 46.3 Å². The highest BCUT2D eigenvalue weighted by molar-refractivity contribution is 7.59. The first-order chi connectivity index (χ1) is 29.7. The molecule has 1 aliphatic rings. The lowest BCUT2D eigenvalue weighted by atomic mass is 10.1. The fraction of sp³-hybridized carbons (Fsp3) is 0.810. The SMILES string of the molecule is CCCCCC/C=C\CCCCCCCC(=O)O[C@H](COC(=O)CCCCCCCCCCCCC)COP(=O)([O-])OP(=O)([O-])OC[C@H]1O[C@@H](n2ccc(N)nc2=O)[C@H](O)[C@@H]1O. The second-order valence-corrected chi connectivity index (χ2v) is 18.8. The van der Waals surface area contributed by atoms with Gasteiger partial charge in [-0.15, -0.1) is 0 Å². The molecule has 1 fully saturated rings. The highest BCUT2D eigenvalue weighted by atomic mass is 31.3. The maximum absolute atomic E-state index is 12.7. The summed E-state index contributed by atoms with van der Waals surface area (Å²) < 4.78 is 55.6. The summed E-state index contributed by atoms with van der Waals surface area (Å²) in [4.78, 5) is 66.1. The van der Waals surface area contributed by atoms with E-state index in [4.69, 9.17) is 24.5 Å². The van der Waals surface area contributed by atoms with Crippen molar-refractivity contribution in [2.24, 2.45) is 0 Å². The molecule has 2 rings (SSSR count). The van der Waals surface area contributed by atoms with Crippen LogP contribution >= 0.6 is 15.6 Å². The van der Waals surface area contributed by atoms with Crippen molar-refractivity contribution < 1.29 is 66.3 Å². The Morgan fingerprint density at radius 2 is 1.27 bits per heavy atom. The molecule has 0 aliphatic carbocycles. The van der Waals surface area contributed by atoms with Crippen molar-refractivity contribution >= 4 is 33.4 Å². The average Bonchev–Trinajstić information content (AvgIpc) is 3.50. The monoisotopic (exact) mass is 921 g/mol. The zero-order valence-electron chi connectivity index (χ0n) is 36.9. The Morgan fingerprint density at radius 3 is 1.84 bits per heavy atom. The number of unbranched alkanes of at least 4 members (excludes halogenated alkanes) is 19. The maximum atomic E-state index is 12.7. The van der Waals surface area contributed by atoms with Crippen molar-refractivity contribution in [1.29, 1.82) is 0 Å². The molecule has 0 saturated carbocycles. The van der Waals surface area contributed by atoms with E-state index in [0.29, 0.717) is 12.8 Å². The van der Waals surface area contributed by atoms with Gasteiger partial charge in [-0.05, 0) is 44.6 Å². The number of aliphatic hydroxyl groups is 2. The van der Waals surface area contributed by atoms with Crippen molar-refractivity contribution in [2.45, 2.75) is 199 Å². The van der Waals surface area contributed by atoms with Gasteiger partial charge in [0.2, 0.25) is 0 Å². The number of carbonyl (C=O) groups excluding carboxylic acids is 2. The summed E-state index contributed by atoms with van der Waals surface area (Å²) in [5.74, 6) is -1.37. The minimum absolute atomic E-state index is 0.0180. The van der Waals surface area contributed by atoms with Crippen LogP contribution in [0, 0.1) is 0 Å². The summed E-state index contributed by atoms with van der Waals surface area (Å²) in [5, 5.41) is 20.8. The second-order valence-electron chi connectivity index (χ2n) is 15.9. The molecule has 1 aromatic heterocycles. The number of anilines is 1. The summed E-state index contributed by atoms with van der Waals surface area (Å²) in [6.07, 6.45) is 21.2. The number of allylic oxidation sites excluding steroid dienone is 2. The number of aliphatic hydroxyl groups excluding tert-OH is 2. The number of ether oxygens (including phenoxy) is 3. The van der Waals surface area contributed by atoms with Gasteiger partial charge in [0.1, 0.15) is 30.7 Å². The van der Waals surface area contributed by atoms with Crippen LogP contribution in [0.1, 0.15) is 174 Å². The Hall–Kier alpha value is -2.50. The Bertz CT molecular complexity index is 1580.